The summed E-state index contributed by atoms with van der Waals surface area (Å²) in [5, 5.41) is 11.9. The smallest absolute Gasteiger partial charge is 0.161 e. The molecule has 1 rings (SSSR count). The Morgan fingerprint density at radius 3 is 2.69 bits per heavy atom. The Hall–Kier alpha value is -1.73. The molecule has 0 spiro atoms. The number of rotatable bonds is 5. The topological polar surface area (TPSA) is 54.3 Å². The third-order valence-corrected chi connectivity index (χ3v) is 2.24. The van der Waals surface area contributed by atoms with Crippen molar-refractivity contribution in [3.63, 3.8) is 0 Å². The van der Waals surface area contributed by atoms with Crippen molar-refractivity contribution in [3.8, 4) is 17.6 Å². The maximum atomic E-state index is 8.94. The second-order valence-electron chi connectivity index (χ2n) is 3.19. The fourth-order valence-electron chi connectivity index (χ4n) is 1.45. The maximum absolute atomic E-state index is 8.94. The first-order chi connectivity index (χ1) is 7.76. The standard InChI is InChI=1S/C12H16N2O2/c1-4-16-12-7-9(10(8-13)14-2)5-6-11(12)15-3/h5-7,10,14H,4H2,1-3H3. The number of methoxy groups -OCH3 is 1. The molecule has 4 nitrogen and oxygen atoms in total. The zero-order chi connectivity index (χ0) is 12.0. The van der Waals surface area contributed by atoms with E-state index < -0.39 is 0 Å². The molecule has 4 heteroatoms. The second-order valence-corrected chi connectivity index (χ2v) is 3.19. The summed E-state index contributed by atoms with van der Waals surface area (Å²) in [6, 6.07) is 7.33. The van der Waals surface area contributed by atoms with Crippen molar-refractivity contribution in [1.82, 2.24) is 5.32 Å². The molecule has 0 saturated carbocycles. The molecule has 1 aromatic carbocycles. The molecule has 0 radical (unpaired) electrons. The van der Waals surface area contributed by atoms with Gasteiger partial charge in [0.2, 0.25) is 0 Å². The average Bonchev–Trinajstić information content (AvgIpc) is 2.31. The number of nitriles is 1. The molecule has 86 valence electrons. The van der Waals surface area contributed by atoms with Crippen LogP contribution < -0.4 is 14.8 Å². The molecule has 16 heavy (non-hydrogen) atoms. The largest absolute Gasteiger partial charge is 0.493 e. The summed E-state index contributed by atoms with van der Waals surface area (Å²) in [5.74, 6) is 1.34. The molecule has 0 aliphatic heterocycles. The van der Waals surface area contributed by atoms with E-state index in [9.17, 15) is 0 Å². The van der Waals surface area contributed by atoms with Gasteiger partial charge >= 0.3 is 0 Å². The lowest BCUT2D eigenvalue weighted by Gasteiger charge is -2.13. The van der Waals surface area contributed by atoms with Gasteiger partial charge in [-0.1, -0.05) is 6.07 Å². The van der Waals surface area contributed by atoms with Crippen molar-refractivity contribution in [3.05, 3.63) is 23.8 Å². The van der Waals surface area contributed by atoms with Crippen molar-refractivity contribution in [1.29, 1.82) is 5.26 Å². The highest BCUT2D eigenvalue weighted by Crippen LogP contribution is 2.30. The Morgan fingerprint density at radius 1 is 1.44 bits per heavy atom. The van der Waals surface area contributed by atoms with Gasteiger partial charge in [-0.2, -0.15) is 5.26 Å². The van der Waals surface area contributed by atoms with E-state index in [0.29, 0.717) is 18.1 Å². The number of ether oxygens (including phenoxy) is 2. The molecule has 0 amide bonds. The van der Waals surface area contributed by atoms with Crippen LogP contribution in [0.5, 0.6) is 11.5 Å². The summed E-state index contributed by atoms with van der Waals surface area (Å²) in [6.45, 7) is 2.47. The Morgan fingerprint density at radius 2 is 2.19 bits per heavy atom. The quantitative estimate of drug-likeness (QED) is 0.823. The molecular weight excluding hydrogens is 204 g/mol. The Bertz CT molecular complexity index is 385. The monoisotopic (exact) mass is 220 g/mol. The lowest BCUT2D eigenvalue weighted by Crippen LogP contribution is -2.14. The molecule has 1 unspecified atom stereocenters. The van der Waals surface area contributed by atoms with Crippen molar-refractivity contribution in [2.45, 2.75) is 13.0 Å². The molecule has 0 aliphatic carbocycles. The van der Waals surface area contributed by atoms with E-state index in [-0.39, 0.29) is 6.04 Å². The van der Waals surface area contributed by atoms with Crippen molar-refractivity contribution in [2.24, 2.45) is 0 Å². The van der Waals surface area contributed by atoms with Gasteiger partial charge in [0.15, 0.2) is 11.5 Å². The normalized spacial score (nSPS) is 11.6. The molecule has 0 fully saturated rings. The van der Waals surface area contributed by atoms with E-state index in [0.717, 1.165) is 5.56 Å². The van der Waals surface area contributed by atoms with Gasteiger partial charge in [-0.15, -0.1) is 0 Å². The summed E-state index contributed by atoms with van der Waals surface area (Å²) in [4.78, 5) is 0. The fraction of sp³-hybridized carbons (Fsp3) is 0.417. The van der Waals surface area contributed by atoms with Gasteiger partial charge in [0.05, 0.1) is 19.8 Å². The molecule has 1 aromatic rings. The van der Waals surface area contributed by atoms with E-state index in [4.69, 9.17) is 14.7 Å². The van der Waals surface area contributed by atoms with Gasteiger partial charge in [-0.05, 0) is 31.7 Å². The van der Waals surface area contributed by atoms with Gasteiger partial charge in [0, 0.05) is 0 Å². The minimum Gasteiger partial charge on any atom is -0.493 e. The average molecular weight is 220 g/mol. The van der Waals surface area contributed by atoms with Gasteiger partial charge in [0.1, 0.15) is 6.04 Å². The van der Waals surface area contributed by atoms with Crippen LogP contribution in [-0.2, 0) is 0 Å². The van der Waals surface area contributed by atoms with Gasteiger partial charge in [0.25, 0.3) is 0 Å². The first-order valence-electron chi connectivity index (χ1n) is 5.14. The summed E-state index contributed by atoms with van der Waals surface area (Å²) in [5.41, 5.74) is 0.870. The van der Waals surface area contributed by atoms with Gasteiger partial charge in [-0.25, -0.2) is 0 Å². The molecule has 0 heterocycles. The molecule has 0 aliphatic rings. The molecule has 0 aromatic heterocycles. The number of nitrogens with zero attached hydrogens (tertiary/aromatic N) is 1. The lowest BCUT2D eigenvalue weighted by molar-refractivity contribution is 0.310. The van der Waals surface area contributed by atoms with Crippen LogP contribution in [0.2, 0.25) is 0 Å². The number of hydrogen-bond donors (Lipinski definition) is 1. The maximum Gasteiger partial charge on any atom is 0.161 e. The van der Waals surface area contributed by atoms with Crippen molar-refractivity contribution < 1.29 is 9.47 Å². The van der Waals surface area contributed by atoms with Crippen LogP contribution in [0.15, 0.2) is 18.2 Å². The minimum atomic E-state index is -0.329. The highest BCUT2D eigenvalue weighted by Gasteiger charge is 2.11. The van der Waals surface area contributed by atoms with E-state index in [2.05, 4.69) is 11.4 Å². The van der Waals surface area contributed by atoms with Crippen LogP contribution >= 0.6 is 0 Å². The first-order valence-corrected chi connectivity index (χ1v) is 5.14. The fourth-order valence-corrected chi connectivity index (χ4v) is 1.45. The molecular formula is C12H16N2O2. The summed E-state index contributed by atoms with van der Waals surface area (Å²) in [6.07, 6.45) is 0. The lowest BCUT2D eigenvalue weighted by atomic mass is 10.1. The Labute approximate surface area is 95.8 Å². The van der Waals surface area contributed by atoms with Crippen LogP contribution in [0.4, 0.5) is 0 Å². The SMILES string of the molecule is CCOc1cc(C(C#N)NC)ccc1OC. The molecule has 0 bridgehead atoms. The van der Waals surface area contributed by atoms with Crippen LogP contribution in [0, 0.1) is 11.3 Å². The highest BCUT2D eigenvalue weighted by molar-refractivity contribution is 5.44. The van der Waals surface area contributed by atoms with E-state index in [1.54, 1.807) is 14.2 Å². The van der Waals surface area contributed by atoms with Crippen molar-refractivity contribution in [2.75, 3.05) is 20.8 Å². The van der Waals surface area contributed by atoms with Crippen LogP contribution in [0.3, 0.4) is 0 Å². The van der Waals surface area contributed by atoms with Gasteiger partial charge in [-0.3, -0.25) is 0 Å². The molecule has 1 atom stereocenters. The minimum absolute atomic E-state index is 0.329. The number of hydrogen-bond acceptors (Lipinski definition) is 4. The second kappa shape index (κ2) is 5.99. The number of benzene rings is 1. The third kappa shape index (κ3) is 2.65. The van der Waals surface area contributed by atoms with Crippen LogP contribution in [-0.4, -0.2) is 20.8 Å². The Kier molecular flexibility index (Phi) is 4.62. The zero-order valence-corrected chi connectivity index (χ0v) is 9.78. The van der Waals surface area contributed by atoms with E-state index in [1.807, 2.05) is 25.1 Å². The molecule has 1 N–H and O–H groups in total. The number of nitrogens with one attached hydrogen (secondary N) is 1. The molecule has 0 saturated heterocycles. The van der Waals surface area contributed by atoms with Crippen molar-refractivity contribution >= 4 is 0 Å². The van der Waals surface area contributed by atoms with Crippen LogP contribution in [0.25, 0.3) is 0 Å². The predicted molar refractivity (Wildman–Crippen MR) is 61.6 cm³/mol. The highest BCUT2D eigenvalue weighted by atomic mass is 16.5. The summed E-state index contributed by atoms with van der Waals surface area (Å²) in [7, 11) is 3.34. The first kappa shape index (κ1) is 12.3. The van der Waals surface area contributed by atoms with Gasteiger partial charge < -0.3 is 14.8 Å². The van der Waals surface area contributed by atoms with E-state index >= 15 is 0 Å². The summed E-state index contributed by atoms with van der Waals surface area (Å²) >= 11 is 0. The van der Waals surface area contributed by atoms with E-state index in [1.165, 1.54) is 0 Å². The zero-order valence-electron chi connectivity index (χ0n) is 9.78. The summed E-state index contributed by atoms with van der Waals surface area (Å²) < 4.78 is 10.6. The Balaban J connectivity index is 3.06. The van der Waals surface area contributed by atoms with Crippen LogP contribution in [0.1, 0.15) is 18.5 Å². The third-order valence-electron chi connectivity index (χ3n) is 2.24. The predicted octanol–water partition coefficient (Wildman–Crippen LogP) is 1.88.